The van der Waals surface area contributed by atoms with E-state index in [0.29, 0.717) is 11.8 Å². The summed E-state index contributed by atoms with van der Waals surface area (Å²) in [7, 11) is 0. The van der Waals surface area contributed by atoms with Crippen molar-refractivity contribution in [2.75, 3.05) is 4.90 Å². The predicted octanol–water partition coefficient (Wildman–Crippen LogP) is 12.4. The summed E-state index contributed by atoms with van der Waals surface area (Å²) in [6, 6.07) is 31.2. The van der Waals surface area contributed by atoms with Crippen LogP contribution in [-0.4, -0.2) is 6.71 Å². The van der Waals surface area contributed by atoms with Gasteiger partial charge in [0.25, 0.3) is 6.71 Å². The number of rotatable bonds is 4. The van der Waals surface area contributed by atoms with E-state index in [1.165, 1.54) is 88.6 Å². The summed E-state index contributed by atoms with van der Waals surface area (Å²) < 4.78 is 1.50. The Morgan fingerprint density at radius 2 is 1.35 bits per heavy atom. The Bertz CT molecular complexity index is 2310. The van der Waals surface area contributed by atoms with E-state index in [1.807, 2.05) is 0 Å². The highest BCUT2D eigenvalue weighted by atomic mass is 32.1. The van der Waals surface area contributed by atoms with Crippen molar-refractivity contribution in [2.24, 2.45) is 11.8 Å². The van der Waals surface area contributed by atoms with E-state index in [1.54, 1.807) is 5.56 Å². The number of aryl methyl sites for hydroxylation is 1. The fraction of sp³-hybridized carbons (Fsp3) is 0.373. The summed E-state index contributed by atoms with van der Waals surface area (Å²) in [5.74, 6) is 1.22. The van der Waals surface area contributed by atoms with Crippen molar-refractivity contribution in [2.45, 2.75) is 112 Å². The summed E-state index contributed by atoms with van der Waals surface area (Å²) in [6.45, 7) is 28.1. The molecule has 1 unspecified atom stereocenters. The normalized spacial score (nSPS) is 16.5. The maximum absolute atomic E-state index is 2.57. The molecule has 4 aromatic carbocycles. The molecule has 5 aromatic rings. The Morgan fingerprint density at radius 1 is 0.741 bits per heavy atom. The van der Waals surface area contributed by atoms with Crippen molar-refractivity contribution in [1.82, 2.24) is 0 Å². The van der Waals surface area contributed by atoms with Gasteiger partial charge in [0.05, 0.1) is 0 Å². The molecule has 0 saturated carbocycles. The van der Waals surface area contributed by atoms with E-state index in [4.69, 9.17) is 0 Å². The molecule has 0 saturated heterocycles. The molecule has 3 aliphatic rings. The molecule has 0 spiro atoms. The first-order chi connectivity index (χ1) is 25.4. The molecule has 54 heavy (non-hydrogen) atoms. The van der Waals surface area contributed by atoms with Crippen LogP contribution in [0.5, 0.6) is 0 Å². The van der Waals surface area contributed by atoms with E-state index in [-0.39, 0.29) is 23.0 Å². The van der Waals surface area contributed by atoms with Crippen molar-refractivity contribution in [3.63, 3.8) is 0 Å². The first kappa shape index (κ1) is 36.9. The molecule has 3 heteroatoms. The largest absolute Gasteiger partial charge is 0.311 e. The Labute approximate surface area is 330 Å². The van der Waals surface area contributed by atoms with Gasteiger partial charge in [0.15, 0.2) is 0 Å². The number of allylic oxidation sites excluding steroid dienone is 1. The minimum Gasteiger partial charge on any atom is -0.311 e. The number of benzene rings is 4. The number of anilines is 3. The van der Waals surface area contributed by atoms with Gasteiger partial charge in [-0.1, -0.05) is 137 Å². The lowest BCUT2D eigenvalue weighted by molar-refractivity contribution is 0.472. The van der Waals surface area contributed by atoms with Crippen LogP contribution in [0.4, 0.5) is 17.1 Å². The van der Waals surface area contributed by atoms with Gasteiger partial charge < -0.3 is 4.90 Å². The second-order valence-electron chi connectivity index (χ2n) is 19.9. The van der Waals surface area contributed by atoms with Gasteiger partial charge >= 0.3 is 0 Å². The summed E-state index contributed by atoms with van der Waals surface area (Å²) in [5, 5.41) is 0. The van der Waals surface area contributed by atoms with Gasteiger partial charge in [-0.2, -0.15) is 0 Å². The Balaban J connectivity index is 1.44. The molecule has 0 amide bonds. The van der Waals surface area contributed by atoms with Gasteiger partial charge in [0.2, 0.25) is 0 Å². The van der Waals surface area contributed by atoms with Gasteiger partial charge in [-0.3, -0.25) is 0 Å². The van der Waals surface area contributed by atoms with E-state index in [9.17, 15) is 0 Å². The quantitative estimate of drug-likeness (QED) is 0.163. The van der Waals surface area contributed by atoms with E-state index in [2.05, 4.69) is 196 Å². The minimum atomic E-state index is 0.0257. The third-order valence-electron chi connectivity index (χ3n) is 12.0. The van der Waals surface area contributed by atoms with Crippen LogP contribution in [0.2, 0.25) is 0 Å². The Kier molecular flexibility index (Phi) is 8.89. The molecular formula is C51H58BNS. The van der Waals surface area contributed by atoms with Gasteiger partial charge in [0, 0.05) is 21.9 Å². The number of hydrogen-bond acceptors (Lipinski definition) is 2. The van der Waals surface area contributed by atoms with Crippen molar-refractivity contribution in [3.05, 3.63) is 134 Å². The van der Waals surface area contributed by atoms with Gasteiger partial charge in [-0.25, -0.2) is 0 Å². The fourth-order valence-corrected chi connectivity index (χ4v) is 10.5. The van der Waals surface area contributed by atoms with Crippen molar-refractivity contribution < 1.29 is 0 Å². The molecule has 8 rings (SSSR count). The highest BCUT2D eigenvalue weighted by Crippen LogP contribution is 2.45. The summed E-state index contributed by atoms with van der Waals surface area (Å²) in [6.07, 6.45) is 9.87. The topological polar surface area (TPSA) is 3.24 Å². The number of fused-ring (bicyclic) bond motifs is 6. The van der Waals surface area contributed by atoms with Gasteiger partial charge in [-0.05, 0) is 150 Å². The van der Waals surface area contributed by atoms with Crippen molar-refractivity contribution in [3.8, 4) is 0 Å². The standard InChI is InChI=1S/C51H58BNS/c1-31(2)25-33-13-24-45-41(28-33)46-40(34-14-16-36(17-15-34)49(4,5)6)29-35-26-32(3)27-44-47(35)52(48(46)54-45)42-30-38(51(10,11)12)20-23-43(42)53(44)39-21-18-37(19-22-39)50(7,8)9/h13-24,26-27,29-31,33H,25,28H2,1-12H3. The molecule has 1 aliphatic carbocycles. The van der Waals surface area contributed by atoms with Gasteiger partial charge in [-0.15, -0.1) is 11.3 Å². The number of thiophene rings is 1. The second-order valence-corrected chi connectivity index (χ2v) is 21.0. The highest BCUT2D eigenvalue weighted by Gasteiger charge is 2.43. The van der Waals surface area contributed by atoms with E-state index < -0.39 is 0 Å². The molecule has 1 atom stereocenters. The van der Waals surface area contributed by atoms with Crippen LogP contribution in [0.25, 0.3) is 17.7 Å². The maximum Gasteiger partial charge on any atom is 0.260 e. The molecule has 0 N–H and O–H groups in total. The highest BCUT2D eigenvalue weighted by molar-refractivity contribution is 7.29. The number of nitrogens with zero attached hydrogens (tertiary/aromatic N) is 1. The van der Waals surface area contributed by atoms with Crippen LogP contribution in [-0.2, 0) is 22.7 Å². The molecule has 1 aromatic heterocycles. The lowest BCUT2D eigenvalue weighted by Crippen LogP contribution is -2.58. The zero-order valence-corrected chi connectivity index (χ0v) is 35.6. The molecule has 2 aliphatic heterocycles. The molecule has 276 valence electrons. The Hall–Kier alpha value is -4.08. The lowest BCUT2D eigenvalue weighted by atomic mass is 9.36. The summed E-state index contributed by atoms with van der Waals surface area (Å²) >= 11 is 2.05. The summed E-state index contributed by atoms with van der Waals surface area (Å²) in [4.78, 5) is 4.02. The van der Waals surface area contributed by atoms with Crippen molar-refractivity contribution >= 4 is 68.5 Å². The first-order valence-corrected chi connectivity index (χ1v) is 21.1. The molecular weight excluding hydrogens is 669 g/mol. The average molecular weight is 728 g/mol. The minimum absolute atomic E-state index is 0.0257. The van der Waals surface area contributed by atoms with Crippen LogP contribution in [0.15, 0.2) is 84.9 Å². The number of hydrogen-bond donors (Lipinski definition) is 0. The summed E-state index contributed by atoms with van der Waals surface area (Å²) in [5.41, 5.74) is 19.4. The van der Waals surface area contributed by atoms with Crippen molar-refractivity contribution in [1.29, 1.82) is 0 Å². The molecule has 3 heterocycles. The third-order valence-corrected chi connectivity index (χ3v) is 13.3. The lowest BCUT2D eigenvalue weighted by Gasteiger charge is -2.38. The SMILES string of the molecule is Cc1cc2c3c(c1)N(c1ccc(C(C)(C)C)cc1)c1ccc(C(C)(C)C)cc1B3c1sc3c(c1C(c1ccc(C(C)(C)C)cc1)=C2)CC(CC(C)C)C=C3. The van der Waals surface area contributed by atoms with Crippen LogP contribution < -0.4 is 20.6 Å². The predicted molar refractivity (Wildman–Crippen MR) is 240 cm³/mol. The first-order valence-electron chi connectivity index (χ1n) is 20.2. The molecule has 0 radical (unpaired) electrons. The molecule has 1 nitrogen and oxygen atoms in total. The average Bonchev–Trinajstić information content (AvgIpc) is 3.39. The smallest absolute Gasteiger partial charge is 0.260 e. The zero-order chi connectivity index (χ0) is 38.5. The van der Waals surface area contributed by atoms with Crippen LogP contribution in [0, 0.1) is 18.8 Å². The molecule has 0 bridgehead atoms. The van der Waals surface area contributed by atoms with Crippen LogP contribution >= 0.6 is 11.3 Å². The molecule has 0 fully saturated rings. The second kappa shape index (κ2) is 13.0. The van der Waals surface area contributed by atoms with Crippen LogP contribution in [0.1, 0.15) is 132 Å². The maximum atomic E-state index is 2.57. The van der Waals surface area contributed by atoms with E-state index in [0.717, 1.165) is 6.42 Å². The fourth-order valence-electron chi connectivity index (χ4n) is 9.09. The monoisotopic (exact) mass is 727 g/mol. The Morgan fingerprint density at radius 3 is 1.96 bits per heavy atom. The zero-order valence-electron chi connectivity index (χ0n) is 34.7. The van der Waals surface area contributed by atoms with Crippen LogP contribution in [0.3, 0.4) is 0 Å². The third kappa shape index (κ3) is 6.45. The van der Waals surface area contributed by atoms with Gasteiger partial charge in [0.1, 0.15) is 0 Å². The van der Waals surface area contributed by atoms with E-state index >= 15 is 0 Å².